The molecule has 9 rings (SSSR count). The number of alkyl halides is 11. The van der Waals surface area contributed by atoms with Crippen molar-refractivity contribution >= 4 is 46.9 Å². The minimum absolute atomic E-state index is 0.0114. The third-order valence-electron chi connectivity index (χ3n) is 17.7. The van der Waals surface area contributed by atoms with Crippen LogP contribution in [0.5, 0.6) is 0 Å². The van der Waals surface area contributed by atoms with Gasteiger partial charge in [0.1, 0.15) is 66.6 Å². The summed E-state index contributed by atoms with van der Waals surface area (Å²) >= 11 is 0. The second kappa shape index (κ2) is 38.9. The number of fused-ring (bicyclic) bond motifs is 1. The van der Waals surface area contributed by atoms with Crippen molar-refractivity contribution in [3.05, 3.63) is 77.3 Å². The van der Waals surface area contributed by atoms with E-state index >= 15 is 0 Å². The maximum Gasteiger partial charge on any atom is 0.434 e. The van der Waals surface area contributed by atoms with E-state index in [4.69, 9.17) is 37.9 Å². The Morgan fingerprint density at radius 2 is 1.22 bits per heavy atom. The molecule has 4 fully saturated rings. The van der Waals surface area contributed by atoms with Crippen LogP contribution in [0.25, 0.3) is 5.65 Å². The van der Waals surface area contributed by atoms with Crippen LogP contribution in [0.15, 0.2) is 47.9 Å². The number of hydrogen-bond acceptors (Lipinski definition) is 28. The van der Waals surface area contributed by atoms with Gasteiger partial charge >= 0.3 is 24.6 Å². The highest BCUT2D eigenvalue weighted by Gasteiger charge is 2.49. The summed E-state index contributed by atoms with van der Waals surface area (Å²) in [6.45, 7) is -2.45. The van der Waals surface area contributed by atoms with Crippen molar-refractivity contribution in [2.75, 3.05) is 123 Å². The van der Waals surface area contributed by atoms with E-state index in [-0.39, 0.29) is 171 Å². The van der Waals surface area contributed by atoms with Gasteiger partial charge in [0.25, 0.3) is 5.91 Å². The third kappa shape index (κ3) is 25.0. The SMILES string of the molecule is Cc1nonc1C(=O)N[C@H](c1cn2ncc([C@@H](COCCCOCC(=O)NC(COCCC(=O)NCCOC[C@H]3OC[C@H](Nc4cncc(C(F)(F)F)n4)[C@@H](O)[C@H]3O)COCCC(=O)NCCOC[C@H]3OC[C@H](Nc4cncc(C(F)(F)F)n4)[C@@H](O)[C@H]3O)N3C[C@@H](C(F)(F)F)NC3=O)cc2n1)C1CCC(F)(F)CC1. The topological polar surface area (TPSA) is 448 Å². The number of nitrogens with zero attached hydrogens (tertiary/aromatic N) is 10. The first-order valence-electron chi connectivity index (χ1n) is 34.3. The highest BCUT2D eigenvalue weighted by atomic mass is 19.4. The third-order valence-corrected chi connectivity index (χ3v) is 17.7. The Morgan fingerprint density at radius 3 is 1.74 bits per heavy atom. The lowest BCUT2D eigenvalue weighted by Gasteiger charge is -2.38. The van der Waals surface area contributed by atoms with Gasteiger partial charge < -0.3 is 100 Å². The maximum absolute atomic E-state index is 14.3. The van der Waals surface area contributed by atoms with Gasteiger partial charge in [-0.3, -0.25) is 29.1 Å². The Hall–Kier alpha value is -8.58. The quantitative estimate of drug-likeness (QED) is 0.0196. The summed E-state index contributed by atoms with van der Waals surface area (Å²) < 4.78 is 201. The van der Waals surface area contributed by atoms with E-state index < -0.39 is 170 Å². The summed E-state index contributed by atoms with van der Waals surface area (Å²) in [5, 5.41) is 72.1. The van der Waals surface area contributed by atoms with E-state index in [9.17, 15) is 92.7 Å². The number of anilines is 2. The first-order chi connectivity index (χ1) is 51.8. The minimum atomic E-state index is -4.82. The molecule has 0 radical (unpaired) electrons. The number of urea groups is 1. The zero-order chi connectivity index (χ0) is 78.6. The molecule has 0 aromatic carbocycles. The predicted octanol–water partition coefficient (Wildman–Crippen LogP) is 1.52. The number of rotatable bonds is 39. The zero-order valence-corrected chi connectivity index (χ0v) is 58.2. The Bertz CT molecular complexity index is 3650. The number of imidazole rings is 1. The molecule has 109 heavy (non-hydrogen) atoms. The number of aromatic nitrogens is 9. The molecule has 1 saturated carbocycles. The molecular weight excluding hydrogens is 1490 g/mol. The van der Waals surface area contributed by atoms with Crippen LogP contribution >= 0.6 is 0 Å². The number of ether oxygens (including phenoxy) is 8. The molecule has 5 aromatic rings. The molecule has 0 unspecified atom stereocenters. The molecule has 6 amide bonds. The van der Waals surface area contributed by atoms with Crippen molar-refractivity contribution in [1.29, 1.82) is 0 Å². The Balaban J connectivity index is 0.720. The molecule has 11 N–H and O–H groups in total. The molecule has 1 aliphatic carbocycles. The molecule has 0 bridgehead atoms. The second-order valence-corrected chi connectivity index (χ2v) is 25.8. The molecular formula is C63H82F11N17O18. The second-order valence-electron chi connectivity index (χ2n) is 25.8. The van der Waals surface area contributed by atoms with Crippen molar-refractivity contribution < 1.29 is 135 Å². The van der Waals surface area contributed by atoms with Gasteiger partial charge in [0.2, 0.25) is 23.6 Å². The molecule has 604 valence electrons. The minimum Gasteiger partial charge on any atom is -0.388 e. The van der Waals surface area contributed by atoms with Crippen LogP contribution in [0, 0.1) is 12.8 Å². The molecule has 5 aromatic heterocycles. The van der Waals surface area contributed by atoms with Crippen LogP contribution in [0.3, 0.4) is 0 Å². The Morgan fingerprint density at radius 1 is 0.670 bits per heavy atom. The number of nitrogens with one attached hydrogen (secondary N) is 7. The van der Waals surface area contributed by atoms with Crippen LogP contribution in [0.1, 0.15) is 95.9 Å². The van der Waals surface area contributed by atoms with E-state index in [1.807, 2.05) is 5.32 Å². The fourth-order valence-electron chi connectivity index (χ4n) is 11.8. The summed E-state index contributed by atoms with van der Waals surface area (Å²) in [5.74, 6) is -6.42. The maximum atomic E-state index is 14.3. The summed E-state index contributed by atoms with van der Waals surface area (Å²) in [6.07, 6.45) is -17.9. The first-order valence-corrected chi connectivity index (χ1v) is 34.3. The van der Waals surface area contributed by atoms with Crippen molar-refractivity contribution in [1.82, 2.24) is 76.3 Å². The molecule has 35 nitrogen and oxygen atoms in total. The van der Waals surface area contributed by atoms with Gasteiger partial charge in [-0.1, -0.05) is 5.16 Å². The van der Waals surface area contributed by atoms with E-state index in [2.05, 4.69) is 76.9 Å². The van der Waals surface area contributed by atoms with E-state index in [1.165, 1.54) is 29.9 Å². The number of carbonyl (C=O) groups excluding carboxylic acids is 5. The molecule has 46 heteroatoms. The summed E-state index contributed by atoms with van der Waals surface area (Å²) in [6, 6.07) is -6.99. The lowest BCUT2D eigenvalue weighted by Crippen LogP contribution is -2.57. The van der Waals surface area contributed by atoms with Gasteiger partial charge in [0.15, 0.2) is 22.7 Å². The largest absolute Gasteiger partial charge is 0.434 e. The average Bonchev–Trinajstić information content (AvgIpc) is 1.64. The number of carbonyl (C=O) groups is 5. The number of aliphatic hydroxyl groups is 4. The van der Waals surface area contributed by atoms with Crippen molar-refractivity contribution in [2.24, 2.45) is 5.92 Å². The van der Waals surface area contributed by atoms with Crippen LogP contribution in [-0.4, -0.2) is 285 Å². The number of hydrogen-bond donors (Lipinski definition) is 11. The van der Waals surface area contributed by atoms with Crippen LogP contribution < -0.4 is 37.2 Å². The first kappa shape index (κ1) is 84.4. The predicted molar refractivity (Wildman–Crippen MR) is 346 cm³/mol. The van der Waals surface area contributed by atoms with Gasteiger partial charge in [-0.15, -0.1) is 0 Å². The molecule has 11 atom stereocenters. The molecule has 8 heterocycles. The number of amides is 6. The summed E-state index contributed by atoms with van der Waals surface area (Å²) in [4.78, 5) is 84.8. The monoisotopic (exact) mass is 1570 g/mol. The summed E-state index contributed by atoms with van der Waals surface area (Å²) in [7, 11) is 0. The van der Waals surface area contributed by atoms with Crippen molar-refractivity contribution in [2.45, 2.75) is 149 Å². The molecule has 3 saturated heterocycles. The van der Waals surface area contributed by atoms with Crippen LogP contribution in [0.2, 0.25) is 0 Å². The normalized spacial score (nSPS) is 22.6. The van der Waals surface area contributed by atoms with Crippen molar-refractivity contribution in [3.63, 3.8) is 0 Å². The van der Waals surface area contributed by atoms with Gasteiger partial charge in [-0.25, -0.2) is 37.7 Å². The number of aryl methyl sites for hydroxylation is 1. The highest BCUT2D eigenvalue weighted by Crippen LogP contribution is 2.42. The summed E-state index contributed by atoms with van der Waals surface area (Å²) in [5.41, 5.74) is -2.00. The Labute approximate surface area is 612 Å². The smallest absolute Gasteiger partial charge is 0.388 e. The lowest BCUT2D eigenvalue weighted by atomic mass is 9.81. The van der Waals surface area contributed by atoms with E-state index in [0.717, 1.165) is 17.3 Å². The number of aliphatic hydroxyl groups excluding tert-OH is 4. The highest BCUT2D eigenvalue weighted by molar-refractivity contribution is 5.93. The van der Waals surface area contributed by atoms with Crippen LogP contribution in [-0.2, 0) is 64.6 Å². The van der Waals surface area contributed by atoms with Gasteiger partial charge in [0.05, 0.1) is 152 Å². The number of halogens is 11. The molecule has 3 aliphatic heterocycles. The Kier molecular flexibility index (Phi) is 30.1. The molecule has 4 aliphatic rings. The van der Waals surface area contributed by atoms with Gasteiger partial charge in [-0.2, -0.15) is 44.6 Å². The zero-order valence-electron chi connectivity index (χ0n) is 58.2. The van der Waals surface area contributed by atoms with Crippen molar-refractivity contribution in [3.8, 4) is 0 Å². The standard InChI is InChI=1S/C63H82F11N17O18/c1-33-52(89-109-88-33)58(99)87-53(34-3-7-60(64,65)8-4-34)37-23-91-48(83-37)17-35(18-79-91)40(90-24-45(63(72,73)74)86-59(90)100)29-101-11-2-12-102-32-51(94)80-36(25-103-13-5-49(92)77-9-15-105-30-41-56(97)54(95)38(27-107-41)81-46-21-75-19-43(84-46)61(66,67)68)26-104-14-6-50(93)78-10-16-106-31-42-57(98)55(96)39(28-108-42)82-47-22-76-20-44(85-47)62(69,70)71/h17-23,34,36,38-42,45,53-57,95-98H,2-16,24-32H2,1H3,(H,77,92)(H,78,93)(H,80,94)(H,81,84)(H,82,85)(H,86,100)(H,87,99)/t38-,39-,40+,41+,42+,45-,53-,54+,55+,56-,57-/m0/s1. The van der Waals surface area contributed by atoms with Gasteiger partial charge in [0, 0.05) is 57.6 Å². The fourth-order valence-corrected chi connectivity index (χ4v) is 11.8. The molecule has 0 spiro atoms. The van der Waals surface area contributed by atoms with E-state index in [0.29, 0.717) is 12.4 Å². The average molecular weight is 1570 g/mol. The van der Waals surface area contributed by atoms with Crippen LogP contribution in [0.4, 0.5) is 64.7 Å². The van der Waals surface area contributed by atoms with E-state index in [1.54, 1.807) is 0 Å². The van der Waals surface area contributed by atoms with Gasteiger partial charge in [-0.05, 0) is 43.3 Å². The fraction of sp³-hybridized carbons (Fsp3) is 0.667. The lowest BCUT2D eigenvalue weighted by molar-refractivity contribution is -0.159.